The maximum absolute atomic E-state index is 11.2. The number of thioether (sulfide) groups is 1. The Balaban J connectivity index is 2.83. The minimum atomic E-state index is -0.353. The molecule has 1 aromatic rings. The van der Waals surface area contributed by atoms with Crippen LogP contribution in [-0.2, 0) is 4.74 Å². The molecule has 0 aliphatic heterocycles. The van der Waals surface area contributed by atoms with Crippen molar-refractivity contribution in [3.05, 3.63) is 23.8 Å². The van der Waals surface area contributed by atoms with E-state index in [4.69, 9.17) is 5.73 Å². The van der Waals surface area contributed by atoms with E-state index in [0.717, 1.165) is 17.1 Å². The van der Waals surface area contributed by atoms with Gasteiger partial charge in [0.25, 0.3) is 0 Å². The van der Waals surface area contributed by atoms with Crippen LogP contribution < -0.4 is 5.73 Å². The van der Waals surface area contributed by atoms with Crippen LogP contribution in [0.15, 0.2) is 23.1 Å². The molecule has 2 N–H and O–H groups in total. The Morgan fingerprint density at radius 3 is 2.80 bits per heavy atom. The van der Waals surface area contributed by atoms with Gasteiger partial charge >= 0.3 is 5.97 Å². The normalized spacial score (nSPS) is 10.0. The Kier molecular flexibility index (Phi) is 4.49. The minimum absolute atomic E-state index is 0.353. The third kappa shape index (κ3) is 3.16. The lowest BCUT2D eigenvalue weighted by atomic mass is 10.2. The highest BCUT2D eigenvalue weighted by Crippen LogP contribution is 2.26. The second-order valence-corrected chi connectivity index (χ2v) is 4.23. The number of hydrogen-bond acceptors (Lipinski definition) is 4. The van der Waals surface area contributed by atoms with Crippen LogP contribution in [0.4, 0.5) is 5.69 Å². The average Bonchev–Trinajstić information content (AvgIpc) is 2.26. The zero-order valence-electron chi connectivity index (χ0n) is 8.95. The van der Waals surface area contributed by atoms with Gasteiger partial charge in [0, 0.05) is 10.6 Å². The molecule has 3 nitrogen and oxygen atoms in total. The van der Waals surface area contributed by atoms with E-state index in [-0.39, 0.29) is 5.97 Å². The SMILES string of the molecule is CCCSc1ccc(C(=O)OC)cc1N. The van der Waals surface area contributed by atoms with E-state index < -0.39 is 0 Å². The summed E-state index contributed by atoms with van der Waals surface area (Å²) >= 11 is 1.70. The Morgan fingerprint density at radius 2 is 2.27 bits per heavy atom. The van der Waals surface area contributed by atoms with Gasteiger partial charge in [-0.15, -0.1) is 11.8 Å². The van der Waals surface area contributed by atoms with Gasteiger partial charge in [-0.05, 0) is 30.4 Å². The molecule has 0 heterocycles. The predicted molar refractivity (Wildman–Crippen MR) is 63.2 cm³/mol. The summed E-state index contributed by atoms with van der Waals surface area (Å²) in [6, 6.07) is 5.26. The van der Waals surface area contributed by atoms with Crippen molar-refractivity contribution in [2.45, 2.75) is 18.2 Å². The second kappa shape index (κ2) is 5.66. The van der Waals surface area contributed by atoms with Crippen molar-refractivity contribution < 1.29 is 9.53 Å². The van der Waals surface area contributed by atoms with Crippen LogP contribution in [0.2, 0.25) is 0 Å². The highest BCUT2D eigenvalue weighted by molar-refractivity contribution is 7.99. The highest BCUT2D eigenvalue weighted by Gasteiger charge is 2.07. The van der Waals surface area contributed by atoms with Crippen molar-refractivity contribution in [2.75, 3.05) is 18.6 Å². The molecule has 4 heteroatoms. The fourth-order valence-corrected chi connectivity index (χ4v) is 1.95. The first-order chi connectivity index (χ1) is 7.19. The van der Waals surface area contributed by atoms with Crippen molar-refractivity contribution in [3.63, 3.8) is 0 Å². The first-order valence-corrected chi connectivity index (χ1v) is 5.78. The van der Waals surface area contributed by atoms with Gasteiger partial charge in [0.2, 0.25) is 0 Å². The Labute approximate surface area is 94.0 Å². The first-order valence-electron chi connectivity index (χ1n) is 4.79. The van der Waals surface area contributed by atoms with E-state index in [1.54, 1.807) is 23.9 Å². The summed E-state index contributed by atoms with van der Waals surface area (Å²) in [5.41, 5.74) is 6.96. The molecular formula is C11H15NO2S. The van der Waals surface area contributed by atoms with Crippen molar-refractivity contribution in [1.29, 1.82) is 0 Å². The number of nitrogens with two attached hydrogens (primary N) is 1. The van der Waals surface area contributed by atoms with Crippen LogP contribution in [0, 0.1) is 0 Å². The van der Waals surface area contributed by atoms with Gasteiger partial charge in [-0.1, -0.05) is 6.92 Å². The molecule has 0 aliphatic rings. The Morgan fingerprint density at radius 1 is 1.53 bits per heavy atom. The van der Waals surface area contributed by atoms with Gasteiger partial charge in [-0.2, -0.15) is 0 Å². The molecule has 0 unspecified atom stereocenters. The summed E-state index contributed by atoms with van der Waals surface area (Å²) in [7, 11) is 1.36. The summed E-state index contributed by atoms with van der Waals surface area (Å²) in [5.74, 6) is 0.677. The summed E-state index contributed by atoms with van der Waals surface area (Å²) in [5, 5.41) is 0. The van der Waals surface area contributed by atoms with Crippen molar-refractivity contribution in [3.8, 4) is 0 Å². The minimum Gasteiger partial charge on any atom is -0.465 e. The highest BCUT2D eigenvalue weighted by atomic mass is 32.2. The molecule has 0 atom stereocenters. The third-order valence-electron chi connectivity index (χ3n) is 1.89. The molecule has 0 spiro atoms. The molecule has 1 aromatic carbocycles. The number of benzene rings is 1. The molecule has 0 saturated heterocycles. The maximum Gasteiger partial charge on any atom is 0.337 e. The molecule has 0 fully saturated rings. The van der Waals surface area contributed by atoms with Crippen LogP contribution in [0.5, 0.6) is 0 Å². The number of anilines is 1. The first kappa shape index (κ1) is 11.9. The van der Waals surface area contributed by atoms with Crippen LogP contribution in [0.3, 0.4) is 0 Å². The fraction of sp³-hybridized carbons (Fsp3) is 0.364. The Bertz CT molecular complexity index is 352. The molecule has 1 rings (SSSR count). The third-order valence-corrected chi connectivity index (χ3v) is 3.19. The predicted octanol–water partition coefficient (Wildman–Crippen LogP) is 2.56. The smallest absolute Gasteiger partial charge is 0.337 e. The molecule has 0 aromatic heterocycles. The summed E-state index contributed by atoms with van der Waals surface area (Å²) < 4.78 is 4.61. The second-order valence-electron chi connectivity index (χ2n) is 3.09. The molecule has 0 saturated carbocycles. The summed E-state index contributed by atoms with van der Waals surface area (Å²) in [6.45, 7) is 2.12. The lowest BCUT2D eigenvalue weighted by Gasteiger charge is -2.06. The standard InChI is InChI=1S/C11H15NO2S/c1-3-6-15-10-5-4-8(7-9(10)12)11(13)14-2/h4-5,7H,3,6,12H2,1-2H3. The van der Waals surface area contributed by atoms with Crippen LogP contribution >= 0.6 is 11.8 Å². The summed E-state index contributed by atoms with van der Waals surface area (Å²) in [4.78, 5) is 12.2. The van der Waals surface area contributed by atoms with E-state index >= 15 is 0 Å². The van der Waals surface area contributed by atoms with E-state index in [1.807, 2.05) is 6.07 Å². The van der Waals surface area contributed by atoms with Crippen LogP contribution in [-0.4, -0.2) is 18.8 Å². The number of rotatable bonds is 4. The number of carbonyl (C=O) groups excluding carboxylic acids is 1. The van der Waals surface area contributed by atoms with Crippen molar-refractivity contribution in [1.82, 2.24) is 0 Å². The quantitative estimate of drug-likeness (QED) is 0.486. The van der Waals surface area contributed by atoms with E-state index in [0.29, 0.717) is 11.3 Å². The van der Waals surface area contributed by atoms with Gasteiger partial charge in [0.15, 0.2) is 0 Å². The molecule has 82 valence electrons. The summed E-state index contributed by atoms with van der Waals surface area (Å²) in [6.07, 6.45) is 1.10. The molecule has 0 amide bonds. The van der Waals surface area contributed by atoms with Crippen molar-refractivity contribution >= 4 is 23.4 Å². The number of esters is 1. The van der Waals surface area contributed by atoms with Gasteiger partial charge in [-0.25, -0.2) is 4.79 Å². The number of carbonyl (C=O) groups is 1. The van der Waals surface area contributed by atoms with Gasteiger partial charge in [0.1, 0.15) is 0 Å². The topological polar surface area (TPSA) is 52.3 Å². The molecule has 0 bridgehead atoms. The molecule has 0 radical (unpaired) electrons. The number of nitrogen functional groups attached to an aromatic ring is 1. The zero-order chi connectivity index (χ0) is 11.3. The van der Waals surface area contributed by atoms with Crippen LogP contribution in [0.25, 0.3) is 0 Å². The van der Waals surface area contributed by atoms with E-state index in [2.05, 4.69) is 11.7 Å². The molecular weight excluding hydrogens is 210 g/mol. The molecule has 0 aliphatic carbocycles. The number of methoxy groups -OCH3 is 1. The largest absolute Gasteiger partial charge is 0.465 e. The van der Waals surface area contributed by atoms with E-state index in [9.17, 15) is 4.79 Å². The van der Waals surface area contributed by atoms with Gasteiger partial charge in [0.05, 0.1) is 12.7 Å². The van der Waals surface area contributed by atoms with Gasteiger partial charge in [-0.3, -0.25) is 0 Å². The maximum atomic E-state index is 11.2. The number of ether oxygens (including phenoxy) is 1. The average molecular weight is 225 g/mol. The lowest BCUT2D eigenvalue weighted by molar-refractivity contribution is 0.0600. The number of hydrogen-bond donors (Lipinski definition) is 1. The van der Waals surface area contributed by atoms with Gasteiger partial charge < -0.3 is 10.5 Å². The zero-order valence-corrected chi connectivity index (χ0v) is 9.76. The Hall–Kier alpha value is -1.16. The van der Waals surface area contributed by atoms with Crippen molar-refractivity contribution in [2.24, 2.45) is 0 Å². The lowest BCUT2D eigenvalue weighted by Crippen LogP contribution is -2.02. The molecule has 15 heavy (non-hydrogen) atoms. The van der Waals surface area contributed by atoms with Crippen LogP contribution in [0.1, 0.15) is 23.7 Å². The fourth-order valence-electron chi connectivity index (χ4n) is 1.14. The van der Waals surface area contributed by atoms with E-state index in [1.165, 1.54) is 7.11 Å². The monoisotopic (exact) mass is 225 g/mol.